The van der Waals surface area contributed by atoms with E-state index < -0.39 is 0 Å². The zero-order chi connectivity index (χ0) is 12.8. The van der Waals surface area contributed by atoms with Gasteiger partial charge >= 0.3 is 0 Å². The first-order valence-corrected chi connectivity index (χ1v) is 7.08. The molecule has 19 heavy (non-hydrogen) atoms. The van der Waals surface area contributed by atoms with E-state index in [9.17, 15) is 0 Å². The van der Waals surface area contributed by atoms with Crippen LogP contribution in [0.4, 0.5) is 5.13 Å². The van der Waals surface area contributed by atoms with Crippen molar-refractivity contribution in [1.82, 2.24) is 15.0 Å². The number of thiazole rings is 1. The van der Waals surface area contributed by atoms with Crippen LogP contribution in [-0.4, -0.2) is 15.0 Å². The van der Waals surface area contributed by atoms with E-state index in [1.807, 2.05) is 6.07 Å². The number of rotatable bonds is 1. The number of aryl methyl sites for hydroxylation is 1. The highest BCUT2D eigenvalue weighted by Gasteiger charge is 2.28. The van der Waals surface area contributed by atoms with E-state index in [0.717, 1.165) is 23.9 Å². The molecular formula is C14H12N4S. The highest BCUT2D eigenvalue weighted by atomic mass is 32.1. The van der Waals surface area contributed by atoms with Gasteiger partial charge in [-0.25, -0.2) is 4.98 Å². The standard InChI is InChI=1S/C14H12N4S/c15-14-18-11-4-2-9(13(11)19-14)8-1-3-10-12(7-8)17-6-5-16-10/h1,3,5-7,9H,2,4H2,(H2,15,18). The lowest BCUT2D eigenvalue weighted by atomic mass is 9.98. The number of nitrogen functional groups attached to an aromatic ring is 1. The minimum absolute atomic E-state index is 0.413. The van der Waals surface area contributed by atoms with Crippen molar-refractivity contribution in [3.63, 3.8) is 0 Å². The third kappa shape index (κ3) is 1.69. The molecule has 5 heteroatoms. The molecule has 2 heterocycles. The summed E-state index contributed by atoms with van der Waals surface area (Å²) in [5, 5.41) is 0.676. The number of hydrogen-bond acceptors (Lipinski definition) is 5. The van der Waals surface area contributed by atoms with Gasteiger partial charge in [0.05, 0.1) is 16.7 Å². The molecule has 2 aromatic heterocycles. The number of nitrogens with zero attached hydrogens (tertiary/aromatic N) is 3. The van der Waals surface area contributed by atoms with Crippen molar-refractivity contribution in [3.8, 4) is 0 Å². The second kappa shape index (κ2) is 3.99. The first-order valence-electron chi connectivity index (χ1n) is 6.27. The highest BCUT2D eigenvalue weighted by Crippen LogP contribution is 2.42. The van der Waals surface area contributed by atoms with Gasteiger partial charge in [0.1, 0.15) is 0 Å². The van der Waals surface area contributed by atoms with Crippen LogP contribution < -0.4 is 5.73 Å². The molecule has 3 aromatic rings. The SMILES string of the molecule is Nc1nc2c(s1)C(c1ccc3nccnc3c1)CC2. The molecule has 0 bridgehead atoms. The van der Waals surface area contributed by atoms with Crippen LogP contribution in [0.5, 0.6) is 0 Å². The van der Waals surface area contributed by atoms with E-state index in [1.54, 1.807) is 23.7 Å². The van der Waals surface area contributed by atoms with Crippen LogP contribution in [0.1, 0.15) is 28.5 Å². The van der Waals surface area contributed by atoms with Crippen LogP contribution >= 0.6 is 11.3 Å². The smallest absolute Gasteiger partial charge is 0.180 e. The van der Waals surface area contributed by atoms with Gasteiger partial charge in [0.25, 0.3) is 0 Å². The van der Waals surface area contributed by atoms with Crippen molar-refractivity contribution in [2.24, 2.45) is 0 Å². The number of hydrogen-bond donors (Lipinski definition) is 1. The number of nitrogens with two attached hydrogens (primary N) is 1. The third-order valence-corrected chi connectivity index (χ3v) is 4.67. The maximum atomic E-state index is 5.80. The van der Waals surface area contributed by atoms with Gasteiger partial charge in [-0.3, -0.25) is 9.97 Å². The molecule has 2 N–H and O–H groups in total. The zero-order valence-electron chi connectivity index (χ0n) is 10.2. The average molecular weight is 268 g/mol. The lowest BCUT2D eigenvalue weighted by Crippen LogP contribution is -1.95. The predicted molar refractivity (Wildman–Crippen MR) is 76.2 cm³/mol. The summed E-state index contributed by atoms with van der Waals surface area (Å²) >= 11 is 1.62. The van der Waals surface area contributed by atoms with Gasteiger partial charge in [-0.1, -0.05) is 6.07 Å². The highest BCUT2D eigenvalue weighted by molar-refractivity contribution is 7.15. The predicted octanol–water partition coefficient (Wildman–Crippen LogP) is 2.75. The Balaban J connectivity index is 1.83. The Hall–Kier alpha value is -2.01. The molecule has 94 valence electrons. The molecule has 4 nitrogen and oxygen atoms in total. The topological polar surface area (TPSA) is 64.7 Å². The summed E-state index contributed by atoms with van der Waals surface area (Å²) in [7, 11) is 0. The second-order valence-corrected chi connectivity index (χ2v) is 5.82. The summed E-state index contributed by atoms with van der Waals surface area (Å²) in [5.41, 5.74) is 10.2. The quantitative estimate of drug-likeness (QED) is 0.737. The Bertz CT molecular complexity index is 765. The van der Waals surface area contributed by atoms with Crippen LogP contribution in [0.15, 0.2) is 30.6 Å². The molecule has 0 saturated carbocycles. The molecule has 1 aliphatic carbocycles. The van der Waals surface area contributed by atoms with E-state index in [1.165, 1.54) is 16.1 Å². The summed E-state index contributed by atoms with van der Waals surface area (Å²) in [6.07, 6.45) is 5.59. The molecule has 0 aliphatic heterocycles. The molecule has 1 unspecified atom stereocenters. The monoisotopic (exact) mass is 268 g/mol. The van der Waals surface area contributed by atoms with Crippen molar-refractivity contribution in [2.45, 2.75) is 18.8 Å². The molecular weight excluding hydrogens is 256 g/mol. The minimum atomic E-state index is 0.413. The molecule has 4 rings (SSSR count). The largest absolute Gasteiger partial charge is 0.375 e. The van der Waals surface area contributed by atoms with Gasteiger partial charge in [-0.05, 0) is 30.5 Å². The van der Waals surface area contributed by atoms with Gasteiger partial charge in [0, 0.05) is 23.2 Å². The van der Waals surface area contributed by atoms with Crippen molar-refractivity contribution >= 4 is 27.5 Å². The Morgan fingerprint density at radius 2 is 2.00 bits per heavy atom. The fourth-order valence-electron chi connectivity index (χ4n) is 2.76. The van der Waals surface area contributed by atoms with Crippen molar-refractivity contribution in [1.29, 1.82) is 0 Å². The van der Waals surface area contributed by atoms with E-state index in [0.29, 0.717) is 11.0 Å². The van der Waals surface area contributed by atoms with Crippen LogP contribution in [0.2, 0.25) is 0 Å². The molecule has 0 spiro atoms. The normalized spacial score (nSPS) is 17.8. The van der Waals surface area contributed by atoms with Crippen LogP contribution in [0.3, 0.4) is 0 Å². The molecule has 1 aromatic carbocycles. The Morgan fingerprint density at radius 1 is 1.16 bits per heavy atom. The maximum absolute atomic E-state index is 5.80. The van der Waals surface area contributed by atoms with Crippen LogP contribution in [-0.2, 0) is 6.42 Å². The van der Waals surface area contributed by atoms with E-state index >= 15 is 0 Å². The van der Waals surface area contributed by atoms with E-state index in [-0.39, 0.29) is 0 Å². The lowest BCUT2D eigenvalue weighted by Gasteiger charge is -2.10. The van der Waals surface area contributed by atoms with Crippen molar-refractivity contribution in [2.75, 3.05) is 5.73 Å². The van der Waals surface area contributed by atoms with Gasteiger partial charge in [0.15, 0.2) is 5.13 Å². The average Bonchev–Trinajstić information content (AvgIpc) is 2.97. The molecule has 0 fully saturated rings. The van der Waals surface area contributed by atoms with Crippen LogP contribution in [0.25, 0.3) is 11.0 Å². The van der Waals surface area contributed by atoms with E-state index in [2.05, 4.69) is 27.1 Å². The third-order valence-electron chi connectivity index (χ3n) is 3.63. The molecule has 1 aliphatic rings. The van der Waals surface area contributed by atoms with Crippen molar-refractivity contribution in [3.05, 3.63) is 46.7 Å². The second-order valence-electron chi connectivity index (χ2n) is 4.76. The number of anilines is 1. The summed E-state index contributed by atoms with van der Waals surface area (Å²) in [6.45, 7) is 0. The summed E-state index contributed by atoms with van der Waals surface area (Å²) in [6, 6.07) is 6.32. The van der Waals surface area contributed by atoms with Gasteiger partial charge in [0.2, 0.25) is 0 Å². The van der Waals surface area contributed by atoms with Crippen molar-refractivity contribution < 1.29 is 0 Å². The fourth-order valence-corrected chi connectivity index (χ4v) is 3.80. The number of fused-ring (bicyclic) bond motifs is 2. The molecule has 0 radical (unpaired) electrons. The van der Waals surface area contributed by atoms with E-state index in [4.69, 9.17) is 5.73 Å². The van der Waals surface area contributed by atoms with Crippen LogP contribution in [0, 0.1) is 0 Å². The Labute approximate surface area is 114 Å². The van der Waals surface area contributed by atoms with Gasteiger partial charge in [-0.2, -0.15) is 0 Å². The van der Waals surface area contributed by atoms with Gasteiger partial charge < -0.3 is 5.73 Å². The molecule has 1 atom stereocenters. The zero-order valence-corrected chi connectivity index (χ0v) is 11.0. The number of aromatic nitrogens is 3. The first-order chi connectivity index (χ1) is 9.31. The minimum Gasteiger partial charge on any atom is -0.375 e. The first kappa shape index (κ1) is 10.9. The summed E-state index contributed by atoms with van der Waals surface area (Å²) in [4.78, 5) is 14.4. The van der Waals surface area contributed by atoms with Gasteiger partial charge in [-0.15, -0.1) is 11.3 Å². The Kier molecular flexibility index (Phi) is 2.29. The molecule has 0 amide bonds. The molecule has 0 saturated heterocycles. The summed E-state index contributed by atoms with van der Waals surface area (Å²) in [5.74, 6) is 0.413. The Morgan fingerprint density at radius 3 is 2.89 bits per heavy atom. The number of benzene rings is 1. The lowest BCUT2D eigenvalue weighted by molar-refractivity contribution is 0.791. The fraction of sp³-hybridized carbons (Fsp3) is 0.214. The maximum Gasteiger partial charge on any atom is 0.180 e. The summed E-state index contributed by atoms with van der Waals surface area (Å²) < 4.78 is 0.